The van der Waals surface area contributed by atoms with Crippen molar-refractivity contribution in [2.24, 2.45) is 0 Å². The van der Waals surface area contributed by atoms with Crippen molar-refractivity contribution in [3.8, 4) is 0 Å². The maximum absolute atomic E-state index is 13.2. The summed E-state index contributed by atoms with van der Waals surface area (Å²) >= 11 is 0. The highest BCUT2D eigenvalue weighted by Crippen LogP contribution is 2.31. The number of hydrogen-bond acceptors (Lipinski definition) is 3. The van der Waals surface area contributed by atoms with Crippen LogP contribution in [0.3, 0.4) is 0 Å². The van der Waals surface area contributed by atoms with Crippen LogP contribution in [0.5, 0.6) is 0 Å². The fourth-order valence-electron chi connectivity index (χ4n) is 4.46. The number of rotatable bonds is 4. The second-order valence-corrected chi connectivity index (χ2v) is 8.30. The smallest absolute Gasteiger partial charge is 0.325 e. The van der Waals surface area contributed by atoms with Crippen LogP contribution in [-0.2, 0) is 15.1 Å². The van der Waals surface area contributed by atoms with Crippen molar-refractivity contribution in [1.82, 2.24) is 15.1 Å². The predicted octanol–water partition coefficient (Wildman–Crippen LogP) is 3.40. The Morgan fingerprint density at radius 3 is 2.52 bits per heavy atom. The van der Waals surface area contributed by atoms with Crippen LogP contribution < -0.4 is 5.32 Å². The van der Waals surface area contributed by atoms with Crippen LogP contribution in [0.15, 0.2) is 42.5 Å². The summed E-state index contributed by atoms with van der Waals surface area (Å²) < 4.78 is 0. The van der Waals surface area contributed by atoms with Crippen LogP contribution >= 0.6 is 0 Å². The maximum atomic E-state index is 13.2. The molecular formula is C23H27N3O3. The molecule has 1 heterocycles. The molecule has 1 saturated carbocycles. The van der Waals surface area contributed by atoms with Gasteiger partial charge in [0, 0.05) is 13.1 Å². The van der Waals surface area contributed by atoms with Gasteiger partial charge in [0.2, 0.25) is 5.91 Å². The summed E-state index contributed by atoms with van der Waals surface area (Å²) in [5.74, 6) is -0.577. The molecule has 0 aromatic heterocycles. The summed E-state index contributed by atoms with van der Waals surface area (Å²) in [7, 11) is 1.78. The minimum absolute atomic E-state index is 0.192. The Bertz CT molecular complexity index is 967. The Morgan fingerprint density at radius 2 is 1.79 bits per heavy atom. The number of carbonyl (C=O) groups excluding carboxylic acids is 3. The van der Waals surface area contributed by atoms with Gasteiger partial charge in [-0.15, -0.1) is 0 Å². The minimum atomic E-state index is -1.18. The van der Waals surface area contributed by atoms with Crippen molar-refractivity contribution < 1.29 is 14.4 Å². The molecule has 29 heavy (non-hydrogen) atoms. The number of nitrogens with zero attached hydrogens (tertiary/aromatic N) is 2. The van der Waals surface area contributed by atoms with Gasteiger partial charge in [-0.2, -0.15) is 0 Å². The lowest BCUT2D eigenvalue weighted by Gasteiger charge is -2.32. The third-order valence-corrected chi connectivity index (χ3v) is 6.41. The summed E-state index contributed by atoms with van der Waals surface area (Å²) in [4.78, 5) is 41.3. The number of amides is 4. The third-order valence-electron chi connectivity index (χ3n) is 6.41. The number of benzene rings is 2. The summed E-state index contributed by atoms with van der Waals surface area (Å²) in [5.41, 5.74) is -0.463. The maximum Gasteiger partial charge on any atom is 0.325 e. The number of fused-ring (bicyclic) bond motifs is 1. The second kappa shape index (κ2) is 7.50. The van der Waals surface area contributed by atoms with E-state index in [9.17, 15) is 14.4 Å². The largest absolute Gasteiger partial charge is 0.341 e. The summed E-state index contributed by atoms with van der Waals surface area (Å²) in [6.45, 7) is 1.48. The van der Waals surface area contributed by atoms with Gasteiger partial charge in [-0.1, -0.05) is 55.7 Å². The molecule has 6 heteroatoms. The van der Waals surface area contributed by atoms with E-state index in [1.807, 2.05) is 42.5 Å². The molecule has 2 aromatic carbocycles. The van der Waals surface area contributed by atoms with Crippen molar-refractivity contribution in [3.05, 3.63) is 48.0 Å². The Morgan fingerprint density at radius 1 is 1.10 bits per heavy atom. The van der Waals surface area contributed by atoms with Crippen LogP contribution in [0.2, 0.25) is 0 Å². The van der Waals surface area contributed by atoms with Gasteiger partial charge in [-0.3, -0.25) is 14.5 Å². The average molecular weight is 393 g/mol. The summed E-state index contributed by atoms with van der Waals surface area (Å²) in [5, 5.41) is 4.87. The normalized spacial score (nSPS) is 22.8. The zero-order valence-electron chi connectivity index (χ0n) is 17.0. The lowest BCUT2D eigenvalue weighted by atomic mass is 9.90. The van der Waals surface area contributed by atoms with Crippen molar-refractivity contribution in [1.29, 1.82) is 0 Å². The van der Waals surface area contributed by atoms with Gasteiger partial charge in [0.1, 0.15) is 12.1 Å². The molecule has 4 rings (SSSR count). The van der Waals surface area contributed by atoms with Crippen molar-refractivity contribution in [3.63, 3.8) is 0 Å². The molecule has 0 unspecified atom stereocenters. The first-order valence-corrected chi connectivity index (χ1v) is 10.3. The quantitative estimate of drug-likeness (QED) is 0.810. The fraction of sp³-hybridized carbons (Fsp3) is 0.435. The SMILES string of the molecule is CN(C(=O)CN1C(=O)N[C@@](C)(c2ccc3ccccc3c2)C1=O)C1CCCCC1. The van der Waals surface area contributed by atoms with E-state index < -0.39 is 11.6 Å². The number of carbonyl (C=O) groups is 3. The van der Waals surface area contributed by atoms with E-state index in [4.69, 9.17) is 0 Å². The van der Waals surface area contributed by atoms with Gasteiger partial charge >= 0.3 is 6.03 Å². The first kappa shape index (κ1) is 19.4. The molecule has 0 bridgehead atoms. The van der Waals surface area contributed by atoms with Crippen molar-refractivity contribution in [2.75, 3.05) is 13.6 Å². The molecule has 0 spiro atoms. The molecule has 1 aliphatic heterocycles. The Kier molecular flexibility index (Phi) is 5.03. The van der Waals surface area contributed by atoms with E-state index in [0.717, 1.165) is 41.4 Å². The molecule has 0 radical (unpaired) electrons. The van der Waals surface area contributed by atoms with Gasteiger partial charge < -0.3 is 10.2 Å². The Balaban J connectivity index is 1.53. The minimum Gasteiger partial charge on any atom is -0.341 e. The monoisotopic (exact) mass is 393 g/mol. The lowest BCUT2D eigenvalue weighted by Crippen LogP contribution is -2.46. The molecule has 2 fully saturated rings. The van der Waals surface area contributed by atoms with Crippen LogP contribution in [-0.4, -0.2) is 47.3 Å². The first-order chi connectivity index (χ1) is 13.9. The molecule has 1 saturated heterocycles. The number of imide groups is 1. The topological polar surface area (TPSA) is 69.7 Å². The standard InChI is InChI=1S/C23H27N3O3/c1-23(18-13-12-16-8-6-7-9-17(16)14-18)21(28)26(22(29)24-23)15-20(27)25(2)19-10-4-3-5-11-19/h6-9,12-14,19H,3-5,10-11,15H2,1-2H3,(H,24,29)/t23-/m0/s1. The Hall–Kier alpha value is -2.89. The van der Waals surface area contributed by atoms with E-state index in [-0.39, 0.29) is 24.4 Å². The number of likely N-dealkylation sites (N-methyl/N-ethyl adjacent to an activating group) is 1. The molecular weight excluding hydrogens is 366 g/mol. The van der Waals surface area contributed by atoms with E-state index >= 15 is 0 Å². The van der Waals surface area contributed by atoms with Crippen LogP contribution in [0.25, 0.3) is 10.8 Å². The van der Waals surface area contributed by atoms with Crippen LogP contribution in [0, 0.1) is 0 Å². The zero-order valence-corrected chi connectivity index (χ0v) is 17.0. The van der Waals surface area contributed by atoms with Gasteiger partial charge in [0.25, 0.3) is 5.91 Å². The molecule has 2 aromatic rings. The highest BCUT2D eigenvalue weighted by molar-refractivity contribution is 6.09. The molecule has 1 atom stereocenters. The molecule has 2 aliphatic rings. The van der Waals surface area contributed by atoms with Gasteiger partial charge in [0.05, 0.1) is 0 Å². The average Bonchev–Trinajstić information content (AvgIpc) is 2.97. The predicted molar refractivity (Wildman–Crippen MR) is 111 cm³/mol. The second-order valence-electron chi connectivity index (χ2n) is 8.30. The number of nitrogens with one attached hydrogen (secondary N) is 1. The van der Waals surface area contributed by atoms with E-state index in [1.54, 1.807) is 18.9 Å². The van der Waals surface area contributed by atoms with E-state index in [2.05, 4.69) is 5.32 Å². The molecule has 6 nitrogen and oxygen atoms in total. The summed E-state index contributed by atoms with van der Waals surface area (Å²) in [6.07, 6.45) is 5.40. The first-order valence-electron chi connectivity index (χ1n) is 10.3. The zero-order chi connectivity index (χ0) is 20.6. The van der Waals surface area contributed by atoms with Gasteiger partial charge in [-0.25, -0.2) is 4.79 Å². The van der Waals surface area contributed by atoms with Gasteiger partial charge in [-0.05, 0) is 42.2 Å². The van der Waals surface area contributed by atoms with Crippen LogP contribution in [0.1, 0.15) is 44.6 Å². The summed E-state index contributed by atoms with van der Waals surface area (Å²) in [6, 6.07) is 13.3. The van der Waals surface area contributed by atoms with Crippen molar-refractivity contribution in [2.45, 2.75) is 50.6 Å². The molecule has 1 N–H and O–H groups in total. The van der Waals surface area contributed by atoms with Crippen molar-refractivity contribution >= 4 is 28.6 Å². The number of hydrogen-bond donors (Lipinski definition) is 1. The molecule has 1 aliphatic carbocycles. The third kappa shape index (κ3) is 3.48. The van der Waals surface area contributed by atoms with Gasteiger partial charge in [0.15, 0.2) is 0 Å². The number of urea groups is 1. The molecule has 4 amide bonds. The highest BCUT2D eigenvalue weighted by atomic mass is 16.2. The molecule has 152 valence electrons. The van der Waals surface area contributed by atoms with E-state index in [0.29, 0.717) is 5.56 Å². The van der Waals surface area contributed by atoms with Crippen LogP contribution in [0.4, 0.5) is 4.79 Å². The highest BCUT2D eigenvalue weighted by Gasteiger charge is 2.49. The fourth-order valence-corrected chi connectivity index (χ4v) is 4.46. The Labute approximate surface area is 170 Å². The lowest BCUT2D eigenvalue weighted by molar-refractivity contribution is -0.139. The van der Waals surface area contributed by atoms with E-state index in [1.165, 1.54) is 6.42 Å².